The van der Waals surface area contributed by atoms with Crippen molar-refractivity contribution < 1.29 is 4.79 Å². The van der Waals surface area contributed by atoms with E-state index in [1.807, 2.05) is 18.4 Å². The predicted molar refractivity (Wildman–Crippen MR) is 79.8 cm³/mol. The lowest BCUT2D eigenvalue weighted by atomic mass is 10.2. The van der Waals surface area contributed by atoms with E-state index in [2.05, 4.69) is 4.98 Å². The van der Waals surface area contributed by atoms with Crippen molar-refractivity contribution in [2.24, 2.45) is 0 Å². The van der Waals surface area contributed by atoms with Crippen molar-refractivity contribution in [3.05, 3.63) is 34.8 Å². The Bertz CT molecular complexity index is 608. The third kappa shape index (κ3) is 3.27. The minimum atomic E-state index is -0.0478. The SMILES string of the molecule is Cc1csc(Sc2ccc(C(=O)N(C)C)cc2N)n1. The molecule has 1 heterocycles. The maximum atomic E-state index is 11.8. The largest absolute Gasteiger partial charge is 0.398 e. The lowest BCUT2D eigenvalue weighted by Gasteiger charge is -2.11. The smallest absolute Gasteiger partial charge is 0.253 e. The van der Waals surface area contributed by atoms with Gasteiger partial charge in [-0.15, -0.1) is 11.3 Å². The Kier molecular flexibility index (Phi) is 4.11. The summed E-state index contributed by atoms with van der Waals surface area (Å²) in [5.74, 6) is -0.0478. The minimum Gasteiger partial charge on any atom is -0.398 e. The maximum Gasteiger partial charge on any atom is 0.253 e. The highest BCUT2D eigenvalue weighted by atomic mass is 32.2. The molecule has 0 saturated heterocycles. The van der Waals surface area contributed by atoms with E-state index in [1.54, 1.807) is 37.6 Å². The fraction of sp³-hybridized carbons (Fsp3) is 0.231. The first kappa shape index (κ1) is 13.9. The normalized spacial score (nSPS) is 10.5. The Labute approximate surface area is 120 Å². The second-order valence-electron chi connectivity index (χ2n) is 4.31. The van der Waals surface area contributed by atoms with Gasteiger partial charge >= 0.3 is 0 Å². The van der Waals surface area contributed by atoms with E-state index < -0.39 is 0 Å². The number of aryl methyl sites for hydroxylation is 1. The summed E-state index contributed by atoms with van der Waals surface area (Å²) in [6.07, 6.45) is 0. The summed E-state index contributed by atoms with van der Waals surface area (Å²) < 4.78 is 0.955. The van der Waals surface area contributed by atoms with Crippen LogP contribution < -0.4 is 5.73 Å². The monoisotopic (exact) mass is 293 g/mol. The van der Waals surface area contributed by atoms with Crippen LogP contribution in [0.2, 0.25) is 0 Å². The van der Waals surface area contributed by atoms with Gasteiger partial charge in [-0.3, -0.25) is 4.79 Å². The van der Waals surface area contributed by atoms with Crippen LogP contribution in [-0.4, -0.2) is 29.9 Å². The van der Waals surface area contributed by atoms with Gasteiger partial charge in [0, 0.05) is 41.3 Å². The molecule has 0 spiro atoms. The first-order valence-electron chi connectivity index (χ1n) is 5.68. The molecule has 1 aromatic carbocycles. The molecule has 6 heteroatoms. The summed E-state index contributed by atoms with van der Waals surface area (Å²) >= 11 is 3.11. The number of aromatic nitrogens is 1. The number of nitrogens with two attached hydrogens (primary N) is 1. The van der Waals surface area contributed by atoms with Gasteiger partial charge in [0.2, 0.25) is 0 Å². The molecule has 0 fully saturated rings. The Morgan fingerprint density at radius 3 is 2.68 bits per heavy atom. The summed E-state index contributed by atoms with van der Waals surface area (Å²) in [6, 6.07) is 5.38. The minimum absolute atomic E-state index is 0.0478. The molecular formula is C13H15N3OS2. The van der Waals surface area contributed by atoms with E-state index in [4.69, 9.17) is 5.73 Å². The van der Waals surface area contributed by atoms with Crippen molar-refractivity contribution >= 4 is 34.7 Å². The van der Waals surface area contributed by atoms with Crippen molar-refractivity contribution in [2.45, 2.75) is 16.2 Å². The van der Waals surface area contributed by atoms with Crippen LogP contribution in [-0.2, 0) is 0 Å². The van der Waals surface area contributed by atoms with E-state index in [-0.39, 0.29) is 5.91 Å². The Hall–Kier alpha value is -1.53. The third-order valence-electron chi connectivity index (χ3n) is 2.46. The lowest BCUT2D eigenvalue weighted by molar-refractivity contribution is 0.0827. The van der Waals surface area contributed by atoms with Crippen molar-refractivity contribution in [1.29, 1.82) is 0 Å². The highest BCUT2D eigenvalue weighted by Gasteiger charge is 2.11. The average molecular weight is 293 g/mol. The van der Waals surface area contributed by atoms with Crippen molar-refractivity contribution in [3.8, 4) is 0 Å². The van der Waals surface area contributed by atoms with E-state index >= 15 is 0 Å². The zero-order chi connectivity index (χ0) is 14.0. The van der Waals surface area contributed by atoms with Gasteiger partial charge < -0.3 is 10.6 Å². The molecule has 2 rings (SSSR count). The third-order valence-corrected chi connectivity index (χ3v) is 4.61. The molecule has 0 aliphatic heterocycles. The van der Waals surface area contributed by atoms with Gasteiger partial charge in [0.1, 0.15) is 0 Å². The van der Waals surface area contributed by atoms with E-state index in [0.717, 1.165) is 14.9 Å². The number of carbonyl (C=O) groups is 1. The molecule has 2 N–H and O–H groups in total. The number of benzene rings is 1. The van der Waals surface area contributed by atoms with Crippen LogP contribution in [0.3, 0.4) is 0 Å². The van der Waals surface area contributed by atoms with Gasteiger partial charge in [-0.05, 0) is 25.1 Å². The standard InChI is InChI=1S/C13H15N3OS2/c1-8-7-18-13(15-8)19-11-5-4-9(6-10(11)14)12(17)16(2)3/h4-7H,14H2,1-3H3. The van der Waals surface area contributed by atoms with Gasteiger partial charge in [0.05, 0.1) is 0 Å². The van der Waals surface area contributed by atoms with Crippen LogP contribution in [0.25, 0.3) is 0 Å². The quantitative estimate of drug-likeness (QED) is 0.884. The van der Waals surface area contributed by atoms with Gasteiger partial charge in [-0.25, -0.2) is 4.98 Å². The number of carbonyl (C=O) groups excluding carboxylic acids is 1. The van der Waals surface area contributed by atoms with Crippen LogP contribution >= 0.6 is 23.1 Å². The average Bonchev–Trinajstić information content (AvgIpc) is 2.76. The number of hydrogen-bond donors (Lipinski definition) is 1. The van der Waals surface area contributed by atoms with E-state index in [1.165, 1.54) is 16.7 Å². The molecule has 0 radical (unpaired) electrons. The van der Waals surface area contributed by atoms with Crippen molar-refractivity contribution in [3.63, 3.8) is 0 Å². The Morgan fingerprint density at radius 2 is 2.16 bits per heavy atom. The zero-order valence-electron chi connectivity index (χ0n) is 11.0. The molecule has 19 heavy (non-hydrogen) atoms. The van der Waals surface area contributed by atoms with Crippen LogP contribution in [0.4, 0.5) is 5.69 Å². The summed E-state index contributed by atoms with van der Waals surface area (Å²) in [5, 5.41) is 2.00. The summed E-state index contributed by atoms with van der Waals surface area (Å²) in [5.41, 5.74) is 8.21. The van der Waals surface area contributed by atoms with Crippen molar-refractivity contribution in [2.75, 3.05) is 19.8 Å². The van der Waals surface area contributed by atoms with Crippen LogP contribution in [0.5, 0.6) is 0 Å². The first-order chi connectivity index (χ1) is 8.97. The number of hydrogen-bond acceptors (Lipinski definition) is 5. The van der Waals surface area contributed by atoms with Crippen molar-refractivity contribution in [1.82, 2.24) is 9.88 Å². The highest BCUT2D eigenvalue weighted by molar-refractivity contribution is 8.01. The topological polar surface area (TPSA) is 59.2 Å². The first-order valence-corrected chi connectivity index (χ1v) is 7.38. The van der Waals surface area contributed by atoms with Gasteiger partial charge in [-0.2, -0.15) is 0 Å². The second-order valence-corrected chi connectivity index (χ2v) is 6.46. The molecule has 0 saturated carbocycles. The van der Waals surface area contributed by atoms with Gasteiger partial charge in [0.15, 0.2) is 4.34 Å². The van der Waals surface area contributed by atoms with E-state index in [9.17, 15) is 4.79 Å². The molecular weight excluding hydrogens is 278 g/mol. The lowest BCUT2D eigenvalue weighted by Crippen LogP contribution is -2.21. The number of anilines is 1. The number of nitrogen functional groups attached to an aromatic ring is 1. The van der Waals surface area contributed by atoms with Gasteiger partial charge in [0.25, 0.3) is 5.91 Å². The molecule has 0 bridgehead atoms. The molecule has 0 aliphatic carbocycles. The fourth-order valence-corrected chi connectivity index (χ4v) is 3.32. The van der Waals surface area contributed by atoms with Crippen LogP contribution in [0.15, 0.2) is 32.8 Å². The molecule has 1 aromatic heterocycles. The second kappa shape index (κ2) is 5.63. The highest BCUT2D eigenvalue weighted by Crippen LogP contribution is 2.34. The fourth-order valence-electron chi connectivity index (χ4n) is 1.51. The number of amides is 1. The maximum absolute atomic E-state index is 11.8. The van der Waals surface area contributed by atoms with E-state index in [0.29, 0.717) is 11.3 Å². The van der Waals surface area contributed by atoms with Crippen LogP contribution in [0, 0.1) is 6.92 Å². The predicted octanol–water partition coefficient (Wildman–Crippen LogP) is 2.89. The Morgan fingerprint density at radius 1 is 1.42 bits per heavy atom. The summed E-state index contributed by atoms with van der Waals surface area (Å²) in [4.78, 5) is 18.7. The molecule has 0 atom stereocenters. The van der Waals surface area contributed by atoms with Crippen LogP contribution in [0.1, 0.15) is 16.1 Å². The molecule has 1 amide bonds. The zero-order valence-corrected chi connectivity index (χ0v) is 12.6. The molecule has 2 aromatic rings. The molecule has 0 aliphatic rings. The molecule has 4 nitrogen and oxygen atoms in total. The van der Waals surface area contributed by atoms with Gasteiger partial charge in [-0.1, -0.05) is 11.8 Å². The number of nitrogens with zero attached hydrogens (tertiary/aromatic N) is 2. The molecule has 100 valence electrons. The number of rotatable bonds is 3. The number of thiazole rings is 1. The molecule has 0 unspecified atom stereocenters. The Balaban J connectivity index is 2.22. The summed E-state index contributed by atoms with van der Waals surface area (Å²) in [6.45, 7) is 1.96. The summed E-state index contributed by atoms with van der Waals surface area (Å²) in [7, 11) is 3.44.